The Morgan fingerprint density at radius 1 is 1.24 bits per heavy atom. The lowest BCUT2D eigenvalue weighted by Gasteiger charge is -2.15. The Balaban J connectivity index is 2.77. The number of aromatic nitrogens is 1. The van der Waals surface area contributed by atoms with E-state index in [0.717, 1.165) is 0 Å². The molecule has 0 radical (unpaired) electrons. The average molecular weight is 445 g/mol. The van der Waals surface area contributed by atoms with Crippen LogP contribution in [0.5, 0.6) is 0 Å². The number of hydrogen-bond donors (Lipinski definition) is 1. The number of halogens is 7. The summed E-state index contributed by atoms with van der Waals surface area (Å²) in [5.74, 6) is 0. The van der Waals surface area contributed by atoms with Crippen molar-refractivity contribution in [1.29, 1.82) is 0 Å². The zero-order valence-electron chi connectivity index (χ0n) is 9.60. The number of H-pyrrole nitrogens is 1. The van der Waals surface area contributed by atoms with Gasteiger partial charge in [-0.3, -0.25) is 0 Å². The van der Waals surface area contributed by atoms with Gasteiger partial charge in [-0.05, 0) is 28.1 Å². The molecular weight excluding hydrogens is 441 g/mol. The van der Waals surface area contributed by atoms with E-state index >= 15 is 0 Å². The molecule has 11 heteroatoms. The first-order valence-corrected chi connectivity index (χ1v) is 8.53. The lowest BCUT2D eigenvalue weighted by Crippen LogP contribution is -2.36. The van der Waals surface area contributed by atoms with E-state index in [1.165, 1.54) is 12.1 Å². The van der Waals surface area contributed by atoms with Crippen molar-refractivity contribution in [2.45, 2.75) is 15.9 Å². The average Bonchev–Trinajstić information content (AvgIpc) is 2.67. The fourth-order valence-corrected chi connectivity index (χ4v) is 4.41. The van der Waals surface area contributed by atoms with Crippen molar-refractivity contribution in [3.8, 4) is 0 Å². The second-order valence-corrected chi connectivity index (χ2v) is 7.90. The van der Waals surface area contributed by atoms with Crippen LogP contribution >= 0.6 is 50.7 Å². The van der Waals surface area contributed by atoms with Crippen LogP contribution < -0.4 is 0 Å². The summed E-state index contributed by atoms with van der Waals surface area (Å²) in [6, 6.07) is 2.54. The minimum Gasteiger partial charge on any atom is -0.344 e. The van der Waals surface area contributed by atoms with Gasteiger partial charge in [-0.1, -0.05) is 34.8 Å². The number of benzene rings is 1. The first-order valence-electron chi connectivity index (χ1n) is 5.07. The smallest absolute Gasteiger partial charge is 0.344 e. The minimum atomic E-state index is -5.38. The van der Waals surface area contributed by atoms with Crippen LogP contribution in [0.3, 0.4) is 0 Å². The van der Waals surface area contributed by atoms with E-state index in [2.05, 4.69) is 32.5 Å². The van der Waals surface area contributed by atoms with Crippen LogP contribution in [0.2, 0.25) is 10.0 Å². The summed E-state index contributed by atoms with van der Waals surface area (Å²) in [6.45, 7) is 0. The number of fused-ring (bicyclic) bond motifs is 1. The zero-order valence-corrected chi connectivity index (χ0v) is 14.3. The van der Waals surface area contributed by atoms with Gasteiger partial charge < -0.3 is 4.98 Å². The van der Waals surface area contributed by atoms with Gasteiger partial charge in [0.1, 0.15) is 0 Å². The third-order valence-corrected chi connectivity index (χ3v) is 6.60. The van der Waals surface area contributed by atoms with E-state index in [1.54, 1.807) is 0 Å². The number of sulfone groups is 1. The molecule has 21 heavy (non-hydrogen) atoms. The van der Waals surface area contributed by atoms with E-state index in [9.17, 15) is 21.6 Å². The van der Waals surface area contributed by atoms with Crippen LogP contribution in [0.4, 0.5) is 13.2 Å². The molecular formula is C10H4BrCl3F3NO2S. The molecule has 3 nitrogen and oxygen atoms in total. The van der Waals surface area contributed by atoms with Gasteiger partial charge in [0.2, 0.25) is 0 Å². The van der Waals surface area contributed by atoms with E-state index < -0.39 is 25.7 Å². The van der Waals surface area contributed by atoms with Crippen LogP contribution in [0.1, 0.15) is 0 Å². The van der Waals surface area contributed by atoms with Crippen LogP contribution in [-0.4, -0.2) is 24.3 Å². The van der Waals surface area contributed by atoms with Gasteiger partial charge in [-0.2, -0.15) is 8.78 Å². The van der Waals surface area contributed by atoms with E-state index in [0.29, 0.717) is 0 Å². The van der Waals surface area contributed by atoms with E-state index in [4.69, 9.17) is 23.2 Å². The summed E-state index contributed by atoms with van der Waals surface area (Å²) in [5.41, 5.74) is -3.26. The molecule has 1 aromatic carbocycles. The molecule has 0 spiro atoms. The molecule has 1 heterocycles. The summed E-state index contributed by atoms with van der Waals surface area (Å²) in [6.07, 6.45) is 0. The van der Waals surface area contributed by atoms with Crippen LogP contribution in [0, 0.1) is 0 Å². The predicted octanol–water partition coefficient (Wildman–Crippen LogP) is 5.14. The SMILES string of the molecule is O=S(=O)(c1[nH]c2cc(Cl)c(Cl)cc2c1Br)C(F)(F)C(F)Cl. The molecule has 0 saturated heterocycles. The highest BCUT2D eigenvalue weighted by atomic mass is 79.9. The minimum absolute atomic E-state index is 0.0920. The Morgan fingerprint density at radius 2 is 1.76 bits per heavy atom. The molecule has 2 rings (SSSR count). The maximum absolute atomic E-state index is 13.5. The Labute approximate surface area is 140 Å². The lowest BCUT2D eigenvalue weighted by molar-refractivity contribution is 0.0420. The van der Waals surface area contributed by atoms with Crippen molar-refractivity contribution < 1.29 is 21.6 Å². The summed E-state index contributed by atoms with van der Waals surface area (Å²) in [4.78, 5) is 2.25. The molecule has 2 aromatic rings. The normalized spacial score (nSPS) is 14.6. The Hall–Kier alpha value is -0.150. The van der Waals surface area contributed by atoms with Crippen molar-refractivity contribution in [3.05, 3.63) is 26.7 Å². The quantitative estimate of drug-likeness (QED) is 0.666. The van der Waals surface area contributed by atoms with E-state index in [1.807, 2.05) is 0 Å². The summed E-state index contributed by atoms with van der Waals surface area (Å²) >= 11 is 19.1. The highest BCUT2D eigenvalue weighted by Crippen LogP contribution is 2.42. The topological polar surface area (TPSA) is 49.9 Å². The zero-order chi connectivity index (χ0) is 16.2. The van der Waals surface area contributed by atoms with Gasteiger partial charge in [0.15, 0.2) is 5.03 Å². The number of hydrogen-bond acceptors (Lipinski definition) is 2. The van der Waals surface area contributed by atoms with Crippen molar-refractivity contribution in [1.82, 2.24) is 4.98 Å². The number of alkyl halides is 4. The first kappa shape index (κ1) is 17.2. The Kier molecular flexibility index (Phi) is 4.50. The van der Waals surface area contributed by atoms with Crippen LogP contribution in [0.25, 0.3) is 10.9 Å². The molecule has 0 amide bonds. The highest BCUT2D eigenvalue weighted by molar-refractivity contribution is 9.10. The predicted molar refractivity (Wildman–Crippen MR) is 78.9 cm³/mol. The number of nitrogens with one attached hydrogen (secondary N) is 1. The van der Waals surface area contributed by atoms with Crippen LogP contribution in [-0.2, 0) is 9.84 Å². The third kappa shape index (κ3) is 2.65. The molecule has 0 fully saturated rings. The molecule has 116 valence electrons. The molecule has 1 aromatic heterocycles. The maximum Gasteiger partial charge on any atom is 0.395 e. The van der Waals surface area contributed by atoms with Crippen molar-refractivity contribution in [2.75, 3.05) is 0 Å². The van der Waals surface area contributed by atoms with Crippen molar-refractivity contribution in [2.24, 2.45) is 0 Å². The molecule has 1 atom stereocenters. The lowest BCUT2D eigenvalue weighted by atomic mass is 10.2. The van der Waals surface area contributed by atoms with Crippen LogP contribution in [0.15, 0.2) is 21.6 Å². The fraction of sp³-hybridized carbons (Fsp3) is 0.200. The second kappa shape index (κ2) is 5.49. The maximum atomic E-state index is 13.5. The molecule has 0 aliphatic carbocycles. The number of rotatable bonds is 3. The standard InChI is InChI=1S/C10H4BrCl3F3NO2S/c11-7-3-1-4(12)5(13)2-6(3)18-8(7)21(19,20)10(16,17)9(14)15/h1-2,9,18H. The molecule has 0 bridgehead atoms. The highest BCUT2D eigenvalue weighted by Gasteiger charge is 2.54. The molecule has 0 aliphatic rings. The first-order chi connectivity index (χ1) is 9.50. The monoisotopic (exact) mass is 443 g/mol. The summed E-state index contributed by atoms with van der Waals surface area (Å²) < 4.78 is 63.2. The van der Waals surface area contributed by atoms with Gasteiger partial charge in [0.25, 0.3) is 15.5 Å². The van der Waals surface area contributed by atoms with Crippen molar-refractivity contribution in [3.63, 3.8) is 0 Å². The van der Waals surface area contributed by atoms with E-state index in [-0.39, 0.29) is 25.4 Å². The van der Waals surface area contributed by atoms with Gasteiger partial charge in [-0.15, -0.1) is 0 Å². The fourth-order valence-electron chi connectivity index (χ4n) is 1.57. The number of aromatic amines is 1. The molecule has 0 aliphatic heterocycles. The Bertz CT molecular complexity index is 823. The Morgan fingerprint density at radius 3 is 2.29 bits per heavy atom. The molecule has 0 saturated carbocycles. The van der Waals surface area contributed by atoms with Gasteiger partial charge in [0.05, 0.1) is 14.5 Å². The summed E-state index contributed by atoms with van der Waals surface area (Å²) in [5, 5.41) is -5.33. The molecule has 1 unspecified atom stereocenters. The largest absolute Gasteiger partial charge is 0.395 e. The van der Waals surface area contributed by atoms with Gasteiger partial charge >= 0.3 is 5.25 Å². The van der Waals surface area contributed by atoms with Gasteiger partial charge in [0, 0.05) is 10.9 Å². The molecule has 1 N–H and O–H groups in total. The summed E-state index contributed by atoms with van der Waals surface area (Å²) in [7, 11) is -5.38. The van der Waals surface area contributed by atoms with Crippen molar-refractivity contribution >= 4 is 71.5 Å². The third-order valence-electron chi connectivity index (χ3n) is 2.63. The van der Waals surface area contributed by atoms with Gasteiger partial charge in [-0.25, -0.2) is 12.8 Å². The second-order valence-electron chi connectivity index (χ2n) is 3.95.